The molecule has 5 heteroatoms. The van der Waals surface area contributed by atoms with Gasteiger partial charge in [-0.05, 0) is 11.8 Å². The van der Waals surface area contributed by atoms with Gasteiger partial charge in [0.25, 0.3) is 0 Å². The van der Waals surface area contributed by atoms with E-state index in [1.54, 1.807) is 0 Å². The van der Waals surface area contributed by atoms with Crippen LogP contribution in [0.1, 0.15) is 27.7 Å². The summed E-state index contributed by atoms with van der Waals surface area (Å²) in [5.74, 6) is 0.276. The van der Waals surface area contributed by atoms with Crippen LogP contribution >= 0.6 is 0 Å². The van der Waals surface area contributed by atoms with Crippen molar-refractivity contribution >= 4 is 10.0 Å². The van der Waals surface area contributed by atoms with Crippen LogP contribution in [0.2, 0.25) is 0 Å². The second-order valence-electron chi connectivity index (χ2n) is 4.34. The fourth-order valence-electron chi connectivity index (χ4n) is 0.946. The number of rotatable bonds is 6. The summed E-state index contributed by atoms with van der Waals surface area (Å²) in [4.78, 5) is 0. The van der Waals surface area contributed by atoms with Gasteiger partial charge in [0.15, 0.2) is 0 Å². The van der Waals surface area contributed by atoms with Crippen molar-refractivity contribution in [3.63, 3.8) is 0 Å². The Kier molecular flexibility index (Phi) is 5.63. The van der Waals surface area contributed by atoms with Crippen molar-refractivity contribution < 1.29 is 13.5 Å². The van der Waals surface area contributed by atoms with Gasteiger partial charge in [0.05, 0.1) is 11.9 Å². The second kappa shape index (κ2) is 5.68. The van der Waals surface area contributed by atoms with Crippen LogP contribution in [0.5, 0.6) is 0 Å². The zero-order chi connectivity index (χ0) is 11.4. The number of hydrogen-bond donors (Lipinski definition) is 2. The van der Waals surface area contributed by atoms with Gasteiger partial charge in [0, 0.05) is 6.54 Å². The summed E-state index contributed by atoms with van der Waals surface area (Å²) in [5.41, 5.74) is 0. The van der Waals surface area contributed by atoms with Crippen LogP contribution in [0, 0.1) is 11.8 Å². The third-order valence-corrected chi connectivity index (χ3v) is 3.55. The maximum absolute atomic E-state index is 11.3. The molecule has 0 spiro atoms. The van der Waals surface area contributed by atoms with Crippen LogP contribution in [-0.4, -0.2) is 31.9 Å². The molecule has 1 atom stereocenters. The summed E-state index contributed by atoms with van der Waals surface area (Å²) in [6, 6.07) is 0. The van der Waals surface area contributed by atoms with Gasteiger partial charge in [-0.2, -0.15) is 0 Å². The molecule has 0 aromatic heterocycles. The average molecular weight is 223 g/mol. The van der Waals surface area contributed by atoms with E-state index in [1.807, 2.05) is 27.7 Å². The first-order chi connectivity index (χ1) is 6.24. The van der Waals surface area contributed by atoms with Crippen LogP contribution in [0.25, 0.3) is 0 Å². The van der Waals surface area contributed by atoms with Crippen molar-refractivity contribution in [2.75, 3.05) is 12.3 Å². The summed E-state index contributed by atoms with van der Waals surface area (Å²) in [6.07, 6.45) is -0.614. The summed E-state index contributed by atoms with van der Waals surface area (Å²) in [6.45, 7) is 7.49. The van der Waals surface area contributed by atoms with Crippen molar-refractivity contribution in [2.24, 2.45) is 11.8 Å². The van der Waals surface area contributed by atoms with Crippen molar-refractivity contribution in [1.82, 2.24) is 4.72 Å². The number of aliphatic hydroxyl groups excluding tert-OH is 1. The maximum atomic E-state index is 11.3. The lowest BCUT2D eigenvalue weighted by Crippen LogP contribution is -2.36. The molecule has 0 heterocycles. The molecule has 0 aliphatic rings. The standard InChI is InChI=1S/C9H21NO3S/c1-7(2)6-14(12,13)10-5-9(11)8(3)4/h7-11H,5-6H2,1-4H3. The Labute approximate surface area is 86.8 Å². The number of hydrogen-bond acceptors (Lipinski definition) is 3. The van der Waals surface area contributed by atoms with Crippen LogP contribution in [-0.2, 0) is 10.0 Å². The summed E-state index contributed by atoms with van der Waals surface area (Å²) >= 11 is 0. The van der Waals surface area contributed by atoms with Gasteiger partial charge in [-0.15, -0.1) is 0 Å². The molecular weight excluding hydrogens is 202 g/mol. The lowest BCUT2D eigenvalue weighted by atomic mass is 10.1. The largest absolute Gasteiger partial charge is 0.391 e. The summed E-state index contributed by atoms with van der Waals surface area (Å²) in [5, 5.41) is 9.40. The number of sulfonamides is 1. The number of aliphatic hydroxyl groups is 1. The van der Waals surface area contributed by atoms with E-state index in [-0.39, 0.29) is 24.1 Å². The highest BCUT2D eigenvalue weighted by Crippen LogP contribution is 2.01. The van der Waals surface area contributed by atoms with Gasteiger partial charge in [-0.25, -0.2) is 13.1 Å². The van der Waals surface area contributed by atoms with E-state index in [1.165, 1.54) is 0 Å². The topological polar surface area (TPSA) is 66.4 Å². The third kappa shape index (κ3) is 6.34. The quantitative estimate of drug-likeness (QED) is 0.692. The Hall–Kier alpha value is -0.130. The zero-order valence-electron chi connectivity index (χ0n) is 9.32. The van der Waals surface area contributed by atoms with Crippen molar-refractivity contribution in [2.45, 2.75) is 33.8 Å². The first kappa shape index (κ1) is 13.9. The molecule has 86 valence electrons. The molecular formula is C9H21NO3S. The van der Waals surface area contributed by atoms with Gasteiger partial charge in [0.1, 0.15) is 0 Å². The van der Waals surface area contributed by atoms with Crippen LogP contribution in [0.15, 0.2) is 0 Å². The normalized spacial score (nSPS) is 15.1. The average Bonchev–Trinajstić information content (AvgIpc) is 1.97. The predicted octanol–water partition coefficient (Wildman–Crippen LogP) is 0.579. The molecule has 0 amide bonds. The maximum Gasteiger partial charge on any atom is 0.211 e. The van der Waals surface area contributed by atoms with Crippen molar-refractivity contribution in [3.05, 3.63) is 0 Å². The van der Waals surface area contributed by atoms with Gasteiger partial charge < -0.3 is 5.11 Å². The Bertz CT molecular complexity index is 247. The fourth-order valence-corrected chi connectivity index (χ4v) is 2.37. The van der Waals surface area contributed by atoms with Crippen molar-refractivity contribution in [3.8, 4) is 0 Å². The van der Waals surface area contributed by atoms with Gasteiger partial charge in [-0.3, -0.25) is 0 Å². The monoisotopic (exact) mass is 223 g/mol. The van der Waals surface area contributed by atoms with Crippen molar-refractivity contribution in [1.29, 1.82) is 0 Å². The lowest BCUT2D eigenvalue weighted by Gasteiger charge is -2.15. The van der Waals surface area contributed by atoms with E-state index in [2.05, 4.69) is 4.72 Å². The predicted molar refractivity (Wildman–Crippen MR) is 57.5 cm³/mol. The Morgan fingerprint density at radius 3 is 2.07 bits per heavy atom. The fraction of sp³-hybridized carbons (Fsp3) is 1.00. The highest BCUT2D eigenvalue weighted by Gasteiger charge is 2.16. The molecule has 0 aromatic carbocycles. The van der Waals surface area contributed by atoms with Gasteiger partial charge >= 0.3 is 0 Å². The van der Waals surface area contributed by atoms with Gasteiger partial charge in [0.2, 0.25) is 10.0 Å². The van der Waals surface area contributed by atoms with Gasteiger partial charge in [-0.1, -0.05) is 27.7 Å². The van der Waals surface area contributed by atoms with E-state index >= 15 is 0 Å². The molecule has 1 unspecified atom stereocenters. The SMILES string of the molecule is CC(C)CS(=O)(=O)NCC(O)C(C)C. The molecule has 14 heavy (non-hydrogen) atoms. The molecule has 4 nitrogen and oxygen atoms in total. The minimum absolute atomic E-state index is 0.0664. The lowest BCUT2D eigenvalue weighted by molar-refractivity contribution is 0.129. The Balaban J connectivity index is 4.00. The van der Waals surface area contributed by atoms with Crippen LogP contribution in [0.3, 0.4) is 0 Å². The third-order valence-electron chi connectivity index (χ3n) is 1.83. The first-order valence-corrected chi connectivity index (χ1v) is 6.55. The highest BCUT2D eigenvalue weighted by atomic mass is 32.2. The molecule has 0 aliphatic heterocycles. The van der Waals surface area contributed by atoms with E-state index in [0.717, 1.165) is 0 Å². The first-order valence-electron chi connectivity index (χ1n) is 4.90. The Morgan fingerprint density at radius 1 is 1.21 bits per heavy atom. The second-order valence-corrected chi connectivity index (χ2v) is 6.19. The van der Waals surface area contributed by atoms with E-state index in [4.69, 9.17) is 0 Å². The minimum atomic E-state index is -3.22. The molecule has 0 saturated heterocycles. The molecule has 0 aromatic rings. The van der Waals surface area contributed by atoms with Crippen LogP contribution < -0.4 is 4.72 Å². The van der Waals surface area contributed by atoms with E-state index in [9.17, 15) is 13.5 Å². The molecule has 2 N–H and O–H groups in total. The highest BCUT2D eigenvalue weighted by molar-refractivity contribution is 7.89. The van der Waals surface area contributed by atoms with Crippen LogP contribution in [0.4, 0.5) is 0 Å². The summed E-state index contributed by atoms with van der Waals surface area (Å²) in [7, 11) is -3.22. The van der Waals surface area contributed by atoms with E-state index in [0.29, 0.717) is 0 Å². The Morgan fingerprint density at radius 2 is 1.71 bits per heavy atom. The summed E-state index contributed by atoms with van der Waals surface area (Å²) < 4.78 is 25.1. The smallest absolute Gasteiger partial charge is 0.211 e. The number of nitrogens with one attached hydrogen (secondary N) is 1. The molecule has 0 radical (unpaired) electrons. The molecule has 0 bridgehead atoms. The molecule has 0 saturated carbocycles. The van der Waals surface area contributed by atoms with E-state index < -0.39 is 16.1 Å². The molecule has 0 fully saturated rings. The molecule has 0 aliphatic carbocycles. The zero-order valence-corrected chi connectivity index (χ0v) is 10.1. The molecule has 0 rings (SSSR count). The minimum Gasteiger partial charge on any atom is -0.391 e.